The fourth-order valence-corrected chi connectivity index (χ4v) is 2.25. The highest BCUT2D eigenvalue weighted by Gasteiger charge is 2.10. The number of rotatable bonds is 4. The molecule has 0 aliphatic carbocycles. The second kappa shape index (κ2) is 6.78. The molecule has 0 unspecified atom stereocenters. The summed E-state index contributed by atoms with van der Waals surface area (Å²) in [7, 11) is 3.83. The first-order chi connectivity index (χ1) is 9.97. The lowest BCUT2D eigenvalue weighted by molar-refractivity contribution is 0.0950. The van der Waals surface area contributed by atoms with Crippen LogP contribution in [0.2, 0.25) is 10.0 Å². The molecule has 0 bridgehead atoms. The molecule has 4 nitrogen and oxygen atoms in total. The summed E-state index contributed by atoms with van der Waals surface area (Å²) >= 11 is 11.8. The van der Waals surface area contributed by atoms with Gasteiger partial charge in [0.15, 0.2) is 0 Å². The van der Waals surface area contributed by atoms with Gasteiger partial charge >= 0.3 is 0 Å². The van der Waals surface area contributed by atoms with E-state index in [1.807, 2.05) is 37.2 Å². The number of carbonyl (C=O) groups is 1. The number of nitrogens with zero attached hydrogens (tertiary/aromatic N) is 2. The summed E-state index contributed by atoms with van der Waals surface area (Å²) in [5.74, 6) is 0.583. The fraction of sp³-hybridized carbons (Fsp3) is 0.200. The number of nitrogens with one attached hydrogen (secondary N) is 1. The van der Waals surface area contributed by atoms with Crippen LogP contribution in [0.1, 0.15) is 16.1 Å². The van der Waals surface area contributed by atoms with Gasteiger partial charge in [0, 0.05) is 19.1 Å². The molecule has 1 amide bonds. The van der Waals surface area contributed by atoms with Crippen molar-refractivity contribution in [2.45, 2.75) is 6.54 Å². The summed E-state index contributed by atoms with van der Waals surface area (Å²) in [6.45, 7) is 0.333. The van der Waals surface area contributed by atoms with Crippen molar-refractivity contribution in [3.05, 3.63) is 57.7 Å². The Morgan fingerprint density at radius 1 is 1.24 bits per heavy atom. The van der Waals surface area contributed by atoms with Gasteiger partial charge < -0.3 is 10.2 Å². The largest absolute Gasteiger partial charge is 0.363 e. The summed E-state index contributed by atoms with van der Waals surface area (Å²) in [5, 5.41) is 3.62. The van der Waals surface area contributed by atoms with E-state index in [2.05, 4.69) is 10.3 Å². The van der Waals surface area contributed by atoms with Crippen molar-refractivity contribution in [2.75, 3.05) is 19.0 Å². The second-order valence-corrected chi connectivity index (χ2v) is 5.53. The number of aromatic nitrogens is 1. The number of hydrogen-bond donors (Lipinski definition) is 1. The van der Waals surface area contributed by atoms with E-state index in [4.69, 9.17) is 23.2 Å². The Balaban J connectivity index is 2.05. The molecule has 1 aromatic heterocycles. The number of halogens is 2. The molecule has 2 aromatic rings. The molecule has 0 fully saturated rings. The van der Waals surface area contributed by atoms with Gasteiger partial charge in [-0.05, 0) is 30.3 Å². The summed E-state index contributed by atoms with van der Waals surface area (Å²) in [5.41, 5.74) is 1.17. The maximum atomic E-state index is 12.1. The monoisotopic (exact) mass is 323 g/mol. The van der Waals surface area contributed by atoms with Crippen LogP contribution in [0.5, 0.6) is 0 Å². The van der Waals surface area contributed by atoms with Crippen molar-refractivity contribution in [3.63, 3.8) is 0 Å². The molecule has 0 saturated carbocycles. The molecule has 0 saturated heterocycles. The Kier molecular flexibility index (Phi) is 5.04. The van der Waals surface area contributed by atoms with E-state index in [0.717, 1.165) is 11.5 Å². The van der Waals surface area contributed by atoms with Crippen molar-refractivity contribution in [3.8, 4) is 0 Å². The van der Waals surface area contributed by atoms with Crippen LogP contribution in [0.25, 0.3) is 0 Å². The van der Waals surface area contributed by atoms with E-state index < -0.39 is 0 Å². The number of hydrogen-bond acceptors (Lipinski definition) is 3. The first kappa shape index (κ1) is 15.6. The summed E-state index contributed by atoms with van der Waals surface area (Å²) in [6.07, 6.45) is 0. The van der Waals surface area contributed by atoms with Crippen molar-refractivity contribution < 1.29 is 4.79 Å². The molecule has 2 rings (SSSR count). The van der Waals surface area contributed by atoms with E-state index in [1.165, 1.54) is 0 Å². The van der Waals surface area contributed by atoms with E-state index in [-0.39, 0.29) is 5.91 Å². The van der Waals surface area contributed by atoms with Gasteiger partial charge in [-0.15, -0.1) is 0 Å². The maximum Gasteiger partial charge on any atom is 0.253 e. The topological polar surface area (TPSA) is 45.2 Å². The molecule has 1 N–H and O–H groups in total. The maximum absolute atomic E-state index is 12.1. The Hall–Kier alpha value is -1.78. The molecular weight excluding hydrogens is 309 g/mol. The van der Waals surface area contributed by atoms with Gasteiger partial charge in [0.25, 0.3) is 5.91 Å². The number of carbonyl (C=O) groups excluding carboxylic acids is 1. The van der Waals surface area contributed by atoms with Crippen molar-refractivity contribution >= 4 is 34.9 Å². The molecule has 21 heavy (non-hydrogen) atoms. The van der Waals surface area contributed by atoms with Gasteiger partial charge in [-0.1, -0.05) is 29.3 Å². The highest BCUT2D eigenvalue weighted by molar-refractivity contribution is 6.36. The van der Waals surface area contributed by atoms with Crippen LogP contribution >= 0.6 is 23.2 Å². The first-order valence-corrected chi connectivity index (χ1v) is 7.09. The Bertz CT molecular complexity index is 659. The van der Waals surface area contributed by atoms with Crippen molar-refractivity contribution in [1.82, 2.24) is 10.3 Å². The number of pyridine rings is 1. The molecule has 1 aromatic carbocycles. The molecule has 110 valence electrons. The van der Waals surface area contributed by atoms with Crippen LogP contribution in [0, 0.1) is 0 Å². The summed E-state index contributed by atoms with van der Waals surface area (Å²) in [6, 6.07) is 10.4. The van der Waals surface area contributed by atoms with E-state index in [0.29, 0.717) is 22.2 Å². The highest BCUT2D eigenvalue weighted by Crippen LogP contribution is 2.20. The second-order valence-electron chi connectivity index (χ2n) is 4.69. The van der Waals surface area contributed by atoms with Crippen molar-refractivity contribution in [2.24, 2.45) is 0 Å². The Labute approximate surface area is 133 Å². The predicted molar refractivity (Wildman–Crippen MR) is 86.2 cm³/mol. The van der Waals surface area contributed by atoms with Crippen LogP contribution in [-0.2, 0) is 6.54 Å². The normalized spacial score (nSPS) is 10.3. The van der Waals surface area contributed by atoms with Gasteiger partial charge in [0.1, 0.15) is 5.82 Å². The molecule has 1 heterocycles. The fourth-order valence-electron chi connectivity index (χ4n) is 1.75. The number of amides is 1. The smallest absolute Gasteiger partial charge is 0.253 e. The number of anilines is 1. The zero-order chi connectivity index (χ0) is 15.4. The first-order valence-electron chi connectivity index (χ1n) is 6.34. The summed E-state index contributed by atoms with van der Waals surface area (Å²) < 4.78 is 0. The highest BCUT2D eigenvalue weighted by atomic mass is 35.5. The van der Waals surface area contributed by atoms with E-state index in [9.17, 15) is 4.79 Å². The van der Waals surface area contributed by atoms with E-state index >= 15 is 0 Å². The third kappa shape index (κ3) is 4.09. The summed E-state index contributed by atoms with van der Waals surface area (Å²) in [4.78, 5) is 18.4. The SMILES string of the molecule is CN(C)c1cccc(CNC(=O)c2ccc(Cl)cc2Cl)n1. The van der Waals surface area contributed by atoms with Gasteiger partial charge in [-0.25, -0.2) is 4.98 Å². The molecule has 0 aliphatic heterocycles. The average molecular weight is 324 g/mol. The zero-order valence-electron chi connectivity index (χ0n) is 11.7. The minimum absolute atomic E-state index is 0.256. The van der Waals surface area contributed by atoms with Crippen molar-refractivity contribution in [1.29, 1.82) is 0 Å². The standard InChI is InChI=1S/C15H15Cl2N3O/c1-20(2)14-5-3-4-11(19-14)9-18-15(21)12-7-6-10(16)8-13(12)17/h3-8H,9H2,1-2H3,(H,18,21). The third-order valence-corrected chi connectivity index (χ3v) is 3.40. The lowest BCUT2D eigenvalue weighted by Gasteiger charge is -2.12. The van der Waals surface area contributed by atoms with Crippen LogP contribution in [-0.4, -0.2) is 25.0 Å². The van der Waals surface area contributed by atoms with Gasteiger partial charge in [-0.2, -0.15) is 0 Å². The third-order valence-electron chi connectivity index (χ3n) is 2.86. The zero-order valence-corrected chi connectivity index (χ0v) is 13.2. The quantitative estimate of drug-likeness (QED) is 0.938. The van der Waals surface area contributed by atoms with Crippen LogP contribution in [0.15, 0.2) is 36.4 Å². The molecule has 0 spiro atoms. The molecule has 0 atom stereocenters. The lowest BCUT2D eigenvalue weighted by Crippen LogP contribution is -2.24. The van der Waals surface area contributed by atoms with Crippen LogP contribution in [0.4, 0.5) is 5.82 Å². The predicted octanol–water partition coefficient (Wildman–Crippen LogP) is 3.38. The van der Waals surface area contributed by atoms with Crippen LogP contribution < -0.4 is 10.2 Å². The molecular formula is C15H15Cl2N3O. The Morgan fingerprint density at radius 2 is 2.00 bits per heavy atom. The van der Waals surface area contributed by atoms with Gasteiger partial charge in [0.05, 0.1) is 22.8 Å². The van der Waals surface area contributed by atoms with Crippen LogP contribution in [0.3, 0.4) is 0 Å². The number of benzene rings is 1. The van der Waals surface area contributed by atoms with Gasteiger partial charge in [0.2, 0.25) is 0 Å². The van der Waals surface area contributed by atoms with E-state index in [1.54, 1.807) is 18.2 Å². The molecule has 0 radical (unpaired) electrons. The molecule has 0 aliphatic rings. The average Bonchev–Trinajstić information content (AvgIpc) is 2.45. The lowest BCUT2D eigenvalue weighted by atomic mass is 10.2. The minimum Gasteiger partial charge on any atom is -0.363 e. The molecule has 6 heteroatoms. The minimum atomic E-state index is -0.256. The Morgan fingerprint density at radius 3 is 2.67 bits per heavy atom. The van der Waals surface area contributed by atoms with Gasteiger partial charge in [-0.3, -0.25) is 4.79 Å².